The summed E-state index contributed by atoms with van der Waals surface area (Å²) >= 11 is 3.22. The molecule has 0 unspecified atom stereocenters. The van der Waals surface area contributed by atoms with Gasteiger partial charge >= 0.3 is 5.97 Å². The molecular weight excluding hydrogens is 324 g/mol. The van der Waals surface area contributed by atoms with Crippen LogP contribution in [0.3, 0.4) is 0 Å². The lowest BCUT2D eigenvalue weighted by Crippen LogP contribution is -2.35. The SMILES string of the molecule is C=C(C)CN(CC)C(=O)COC(=O)c1cncc(Br)c1. The molecule has 0 radical (unpaired) electrons. The van der Waals surface area contributed by atoms with Crippen molar-refractivity contribution in [1.29, 1.82) is 0 Å². The number of carbonyl (C=O) groups is 2. The first-order valence-corrected chi connectivity index (χ1v) is 6.93. The predicted octanol–water partition coefficient (Wildman–Crippen LogP) is 2.43. The second-order valence-electron chi connectivity index (χ2n) is 4.33. The van der Waals surface area contributed by atoms with Crippen molar-refractivity contribution in [3.63, 3.8) is 0 Å². The van der Waals surface area contributed by atoms with Gasteiger partial charge in [0.05, 0.1) is 5.56 Å². The normalized spacial score (nSPS) is 9.95. The number of hydrogen-bond donors (Lipinski definition) is 0. The first-order chi connectivity index (χ1) is 9.43. The monoisotopic (exact) mass is 340 g/mol. The highest BCUT2D eigenvalue weighted by Crippen LogP contribution is 2.10. The van der Waals surface area contributed by atoms with Crippen LogP contribution in [0.5, 0.6) is 0 Å². The Morgan fingerprint density at radius 1 is 1.45 bits per heavy atom. The molecule has 6 heteroatoms. The lowest BCUT2D eigenvalue weighted by atomic mass is 10.3. The van der Waals surface area contributed by atoms with E-state index in [0.29, 0.717) is 23.1 Å². The van der Waals surface area contributed by atoms with Gasteiger partial charge in [-0.3, -0.25) is 9.78 Å². The van der Waals surface area contributed by atoms with Crippen molar-refractivity contribution < 1.29 is 14.3 Å². The first-order valence-electron chi connectivity index (χ1n) is 6.13. The van der Waals surface area contributed by atoms with E-state index in [1.807, 2.05) is 13.8 Å². The van der Waals surface area contributed by atoms with Crippen molar-refractivity contribution >= 4 is 27.8 Å². The van der Waals surface area contributed by atoms with Gasteiger partial charge in [-0.1, -0.05) is 12.2 Å². The van der Waals surface area contributed by atoms with Crippen LogP contribution in [0.1, 0.15) is 24.2 Å². The van der Waals surface area contributed by atoms with E-state index in [-0.39, 0.29) is 12.5 Å². The molecule has 1 heterocycles. The van der Waals surface area contributed by atoms with Crippen molar-refractivity contribution in [3.05, 3.63) is 40.6 Å². The second-order valence-corrected chi connectivity index (χ2v) is 5.25. The molecule has 0 saturated heterocycles. The molecule has 5 nitrogen and oxygen atoms in total. The summed E-state index contributed by atoms with van der Waals surface area (Å²) in [6.45, 7) is 8.19. The van der Waals surface area contributed by atoms with E-state index in [1.165, 1.54) is 6.20 Å². The highest BCUT2D eigenvalue weighted by molar-refractivity contribution is 9.10. The smallest absolute Gasteiger partial charge is 0.340 e. The third-order valence-electron chi connectivity index (χ3n) is 2.46. The van der Waals surface area contributed by atoms with Crippen LogP contribution in [0, 0.1) is 0 Å². The molecule has 1 amide bonds. The highest BCUT2D eigenvalue weighted by atomic mass is 79.9. The molecule has 20 heavy (non-hydrogen) atoms. The van der Waals surface area contributed by atoms with Crippen molar-refractivity contribution in [2.24, 2.45) is 0 Å². The van der Waals surface area contributed by atoms with Gasteiger partial charge < -0.3 is 9.64 Å². The lowest BCUT2D eigenvalue weighted by Gasteiger charge is -2.20. The number of aromatic nitrogens is 1. The van der Waals surface area contributed by atoms with Crippen LogP contribution < -0.4 is 0 Å². The maximum Gasteiger partial charge on any atom is 0.340 e. The van der Waals surface area contributed by atoms with Crippen LogP contribution in [0.15, 0.2) is 35.1 Å². The minimum atomic E-state index is -0.571. The topological polar surface area (TPSA) is 59.5 Å². The van der Waals surface area contributed by atoms with Crippen LogP contribution in [0.2, 0.25) is 0 Å². The Hall–Kier alpha value is -1.69. The minimum absolute atomic E-state index is 0.244. The van der Waals surface area contributed by atoms with Gasteiger partial charge in [-0.25, -0.2) is 4.79 Å². The Kier molecular flexibility index (Phi) is 6.38. The van der Waals surface area contributed by atoms with E-state index in [4.69, 9.17) is 4.74 Å². The molecular formula is C14H17BrN2O3. The molecule has 0 bridgehead atoms. The molecule has 0 atom stereocenters. The molecule has 0 saturated carbocycles. The Bertz CT molecular complexity index is 517. The number of halogens is 1. The molecule has 0 fully saturated rings. The van der Waals surface area contributed by atoms with E-state index in [0.717, 1.165) is 5.57 Å². The van der Waals surface area contributed by atoms with Gasteiger partial charge in [-0.2, -0.15) is 0 Å². The van der Waals surface area contributed by atoms with Gasteiger partial charge in [-0.05, 0) is 35.8 Å². The number of nitrogens with zero attached hydrogens (tertiary/aromatic N) is 2. The van der Waals surface area contributed by atoms with Crippen LogP contribution >= 0.6 is 15.9 Å². The quantitative estimate of drug-likeness (QED) is 0.589. The molecule has 1 aromatic rings. The average Bonchev–Trinajstić information content (AvgIpc) is 2.41. The number of amides is 1. The molecule has 0 aromatic carbocycles. The maximum atomic E-state index is 11.9. The van der Waals surface area contributed by atoms with E-state index in [9.17, 15) is 9.59 Å². The fraction of sp³-hybridized carbons (Fsp3) is 0.357. The zero-order valence-electron chi connectivity index (χ0n) is 11.6. The fourth-order valence-corrected chi connectivity index (χ4v) is 1.89. The maximum absolute atomic E-state index is 11.9. The van der Waals surface area contributed by atoms with Gasteiger partial charge in [0.15, 0.2) is 6.61 Å². The lowest BCUT2D eigenvalue weighted by molar-refractivity contribution is -0.133. The zero-order chi connectivity index (χ0) is 15.1. The van der Waals surface area contributed by atoms with Crippen molar-refractivity contribution in [1.82, 2.24) is 9.88 Å². The Labute approximate surface area is 126 Å². The second kappa shape index (κ2) is 7.79. The van der Waals surface area contributed by atoms with E-state index in [2.05, 4.69) is 27.5 Å². The summed E-state index contributed by atoms with van der Waals surface area (Å²) < 4.78 is 5.67. The van der Waals surface area contributed by atoms with Crippen LogP contribution in [-0.2, 0) is 9.53 Å². The molecule has 0 aliphatic carbocycles. The van der Waals surface area contributed by atoms with Gasteiger partial charge in [0.2, 0.25) is 0 Å². The minimum Gasteiger partial charge on any atom is -0.452 e. The summed E-state index contributed by atoms with van der Waals surface area (Å²) in [6, 6.07) is 1.59. The molecule has 0 N–H and O–H groups in total. The number of carbonyl (C=O) groups excluding carboxylic acids is 2. The van der Waals surface area contributed by atoms with Crippen molar-refractivity contribution in [2.45, 2.75) is 13.8 Å². The third kappa shape index (κ3) is 5.13. The number of rotatable bonds is 6. The summed E-state index contributed by atoms with van der Waals surface area (Å²) in [5.41, 5.74) is 1.18. The molecule has 108 valence electrons. The van der Waals surface area contributed by atoms with Crippen LogP contribution in [0.4, 0.5) is 0 Å². The summed E-state index contributed by atoms with van der Waals surface area (Å²) in [7, 11) is 0. The van der Waals surface area contributed by atoms with Crippen molar-refractivity contribution in [2.75, 3.05) is 19.7 Å². The zero-order valence-corrected chi connectivity index (χ0v) is 13.1. The molecule has 0 spiro atoms. The summed E-state index contributed by atoms with van der Waals surface area (Å²) in [5.74, 6) is -0.815. The Balaban J connectivity index is 2.55. The number of pyridine rings is 1. The number of ether oxygens (including phenoxy) is 1. The fourth-order valence-electron chi connectivity index (χ4n) is 1.53. The van der Waals surface area contributed by atoms with Crippen molar-refractivity contribution in [3.8, 4) is 0 Å². The van der Waals surface area contributed by atoms with Crippen LogP contribution in [0.25, 0.3) is 0 Å². The van der Waals surface area contributed by atoms with Gasteiger partial charge in [0.1, 0.15) is 0 Å². The number of likely N-dealkylation sites (N-methyl/N-ethyl adjacent to an activating group) is 1. The average molecular weight is 341 g/mol. The summed E-state index contributed by atoms with van der Waals surface area (Å²) in [6.07, 6.45) is 2.96. The largest absolute Gasteiger partial charge is 0.452 e. The molecule has 1 rings (SSSR count). The summed E-state index contributed by atoms with van der Waals surface area (Å²) in [5, 5.41) is 0. The Morgan fingerprint density at radius 2 is 2.15 bits per heavy atom. The highest BCUT2D eigenvalue weighted by Gasteiger charge is 2.15. The molecule has 1 aromatic heterocycles. The standard InChI is InChI=1S/C14H17BrN2O3/c1-4-17(8-10(2)3)13(18)9-20-14(19)11-5-12(15)7-16-6-11/h5-7H,2,4,8-9H2,1,3H3. The van der Waals surface area contributed by atoms with Gasteiger partial charge in [-0.15, -0.1) is 0 Å². The van der Waals surface area contributed by atoms with E-state index in [1.54, 1.807) is 17.2 Å². The van der Waals surface area contributed by atoms with Crippen LogP contribution in [-0.4, -0.2) is 41.5 Å². The number of esters is 1. The molecule has 0 aliphatic rings. The van der Waals surface area contributed by atoms with Gasteiger partial charge in [0, 0.05) is 30.0 Å². The van der Waals surface area contributed by atoms with E-state index < -0.39 is 5.97 Å². The molecule has 0 aliphatic heterocycles. The summed E-state index contributed by atoms with van der Waals surface area (Å²) in [4.78, 5) is 29.1. The predicted molar refractivity (Wildman–Crippen MR) is 79.3 cm³/mol. The Morgan fingerprint density at radius 3 is 2.70 bits per heavy atom. The third-order valence-corrected chi connectivity index (χ3v) is 2.90. The van der Waals surface area contributed by atoms with Gasteiger partial charge in [0.25, 0.3) is 5.91 Å². The first kappa shape index (κ1) is 16.4. The number of hydrogen-bond acceptors (Lipinski definition) is 4. The van der Waals surface area contributed by atoms with E-state index >= 15 is 0 Å².